The molecule has 19 heavy (non-hydrogen) atoms. The topological polar surface area (TPSA) is 64.8 Å². The number of nitrogens with two attached hydrogens (primary N) is 1. The first-order chi connectivity index (χ1) is 9.04. The van der Waals surface area contributed by atoms with Crippen LogP contribution in [0.5, 0.6) is 0 Å². The van der Waals surface area contributed by atoms with E-state index in [-0.39, 0.29) is 17.3 Å². The minimum atomic E-state index is -0.570. The number of hydrogen-bond acceptors (Lipinski definition) is 5. The number of ether oxygens (including phenoxy) is 2. The Kier molecular flexibility index (Phi) is 3.90. The monoisotopic (exact) mass is 268 g/mol. The van der Waals surface area contributed by atoms with Crippen LogP contribution in [0.25, 0.3) is 0 Å². The number of anilines is 2. The van der Waals surface area contributed by atoms with Crippen LogP contribution in [0.15, 0.2) is 12.1 Å². The third kappa shape index (κ3) is 2.63. The number of rotatable bonds is 2. The van der Waals surface area contributed by atoms with E-state index < -0.39 is 11.8 Å². The predicted octanol–water partition coefficient (Wildman–Crippen LogP) is 1.42. The Morgan fingerprint density at radius 2 is 2.32 bits per heavy atom. The van der Waals surface area contributed by atoms with Gasteiger partial charge in [-0.15, -0.1) is 0 Å². The molecule has 1 aromatic carbocycles. The fourth-order valence-corrected chi connectivity index (χ4v) is 2.17. The molecule has 1 aliphatic heterocycles. The van der Waals surface area contributed by atoms with Crippen molar-refractivity contribution in [2.24, 2.45) is 0 Å². The molecule has 1 unspecified atom stereocenters. The first-order valence-corrected chi connectivity index (χ1v) is 6.06. The van der Waals surface area contributed by atoms with Gasteiger partial charge >= 0.3 is 5.97 Å². The molecule has 1 heterocycles. The average Bonchev–Trinajstić information content (AvgIpc) is 2.39. The van der Waals surface area contributed by atoms with Crippen LogP contribution in [0.2, 0.25) is 0 Å². The van der Waals surface area contributed by atoms with Crippen molar-refractivity contribution in [3.8, 4) is 0 Å². The van der Waals surface area contributed by atoms with E-state index in [0.717, 1.165) is 6.07 Å². The zero-order valence-corrected chi connectivity index (χ0v) is 11.0. The van der Waals surface area contributed by atoms with Gasteiger partial charge in [-0.1, -0.05) is 0 Å². The molecule has 0 bridgehead atoms. The molecule has 0 aliphatic carbocycles. The number of hydrogen-bond donors (Lipinski definition) is 1. The zero-order chi connectivity index (χ0) is 14.0. The van der Waals surface area contributed by atoms with Crippen LogP contribution in [0.3, 0.4) is 0 Å². The lowest BCUT2D eigenvalue weighted by Gasteiger charge is -2.35. The molecule has 6 heteroatoms. The number of methoxy groups -OCH3 is 1. The molecule has 1 aliphatic rings. The van der Waals surface area contributed by atoms with Crippen molar-refractivity contribution in [3.63, 3.8) is 0 Å². The largest absolute Gasteiger partial charge is 0.465 e. The van der Waals surface area contributed by atoms with E-state index in [4.69, 9.17) is 10.5 Å². The Morgan fingerprint density at radius 3 is 2.95 bits per heavy atom. The van der Waals surface area contributed by atoms with Gasteiger partial charge in [0.15, 0.2) is 0 Å². The fraction of sp³-hybridized carbons (Fsp3) is 0.462. The Morgan fingerprint density at radius 1 is 1.58 bits per heavy atom. The van der Waals surface area contributed by atoms with Crippen LogP contribution in [-0.2, 0) is 9.47 Å². The summed E-state index contributed by atoms with van der Waals surface area (Å²) < 4.78 is 24.0. The minimum Gasteiger partial charge on any atom is -0.465 e. The Balaban J connectivity index is 2.42. The lowest BCUT2D eigenvalue weighted by Crippen LogP contribution is -2.44. The standard InChI is InChI=1S/C13H17FN2O3/c1-8-7-19-4-3-16(8)12-5-9(13(17)18-2)11(15)6-10(12)14/h5-6,8H,3-4,7,15H2,1-2H3. The molecule has 5 nitrogen and oxygen atoms in total. The number of benzene rings is 1. The number of carbonyl (C=O) groups excluding carboxylic acids is 1. The van der Waals surface area contributed by atoms with Crippen LogP contribution in [0.4, 0.5) is 15.8 Å². The van der Waals surface area contributed by atoms with Gasteiger partial charge in [0.25, 0.3) is 0 Å². The van der Waals surface area contributed by atoms with E-state index >= 15 is 0 Å². The molecule has 1 aromatic rings. The normalized spacial score (nSPS) is 19.3. The molecule has 0 amide bonds. The summed E-state index contributed by atoms with van der Waals surface area (Å²) in [6, 6.07) is 2.64. The van der Waals surface area contributed by atoms with Gasteiger partial charge in [-0.05, 0) is 19.1 Å². The van der Waals surface area contributed by atoms with Gasteiger partial charge in [-0.2, -0.15) is 0 Å². The third-order valence-corrected chi connectivity index (χ3v) is 3.20. The first kappa shape index (κ1) is 13.6. The average molecular weight is 268 g/mol. The molecule has 2 N–H and O–H groups in total. The van der Waals surface area contributed by atoms with Crippen molar-refractivity contribution in [3.05, 3.63) is 23.5 Å². The van der Waals surface area contributed by atoms with E-state index in [1.54, 1.807) is 0 Å². The maximum absolute atomic E-state index is 14.0. The molecule has 2 rings (SSSR count). The van der Waals surface area contributed by atoms with Gasteiger partial charge in [0.2, 0.25) is 0 Å². The lowest BCUT2D eigenvalue weighted by molar-refractivity contribution is 0.0602. The van der Waals surface area contributed by atoms with Crippen LogP contribution in [0, 0.1) is 5.82 Å². The van der Waals surface area contributed by atoms with Crippen LogP contribution >= 0.6 is 0 Å². The quantitative estimate of drug-likeness (QED) is 0.649. The fourth-order valence-electron chi connectivity index (χ4n) is 2.17. The number of morpholine rings is 1. The van der Waals surface area contributed by atoms with Gasteiger partial charge in [-0.3, -0.25) is 0 Å². The zero-order valence-electron chi connectivity index (χ0n) is 11.0. The first-order valence-electron chi connectivity index (χ1n) is 6.06. The highest BCUT2D eigenvalue weighted by Crippen LogP contribution is 2.28. The summed E-state index contributed by atoms with van der Waals surface area (Å²) in [5.74, 6) is -1.02. The number of nitrogens with zero attached hydrogens (tertiary/aromatic N) is 1. The molecular formula is C13H17FN2O3. The van der Waals surface area contributed by atoms with E-state index in [2.05, 4.69) is 4.74 Å². The van der Waals surface area contributed by atoms with E-state index in [1.807, 2.05) is 11.8 Å². The molecule has 104 valence electrons. The van der Waals surface area contributed by atoms with E-state index in [9.17, 15) is 9.18 Å². The summed E-state index contributed by atoms with van der Waals surface area (Å²) in [4.78, 5) is 13.5. The molecule has 0 spiro atoms. The second-order valence-electron chi connectivity index (χ2n) is 4.50. The summed E-state index contributed by atoms with van der Waals surface area (Å²) in [5, 5.41) is 0. The van der Waals surface area contributed by atoms with Crippen molar-refractivity contribution < 1.29 is 18.7 Å². The van der Waals surface area contributed by atoms with Crippen LogP contribution in [-0.4, -0.2) is 38.9 Å². The molecule has 0 radical (unpaired) electrons. The molecule has 1 saturated heterocycles. The number of halogens is 1. The maximum Gasteiger partial charge on any atom is 0.340 e. The molecule has 0 saturated carbocycles. The minimum absolute atomic E-state index is 0.0392. The van der Waals surface area contributed by atoms with E-state index in [1.165, 1.54) is 13.2 Å². The lowest BCUT2D eigenvalue weighted by atomic mass is 10.1. The van der Waals surface area contributed by atoms with Crippen LogP contribution in [0.1, 0.15) is 17.3 Å². The van der Waals surface area contributed by atoms with Gasteiger partial charge in [0.05, 0.1) is 31.6 Å². The molecule has 1 fully saturated rings. The highest BCUT2D eigenvalue weighted by Gasteiger charge is 2.24. The molecule has 0 aromatic heterocycles. The number of carbonyl (C=O) groups is 1. The maximum atomic E-state index is 14.0. The number of esters is 1. The SMILES string of the molecule is COC(=O)c1cc(N2CCOCC2C)c(F)cc1N. The highest BCUT2D eigenvalue weighted by molar-refractivity contribution is 5.96. The van der Waals surface area contributed by atoms with Gasteiger partial charge in [-0.25, -0.2) is 9.18 Å². The van der Waals surface area contributed by atoms with Crippen molar-refractivity contribution in [1.29, 1.82) is 0 Å². The predicted molar refractivity (Wildman–Crippen MR) is 69.8 cm³/mol. The Hall–Kier alpha value is -1.82. The van der Waals surface area contributed by atoms with Gasteiger partial charge in [0.1, 0.15) is 5.82 Å². The Labute approximate surface area is 111 Å². The van der Waals surface area contributed by atoms with E-state index in [0.29, 0.717) is 25.4 Å². The Bertz CT molecular complexity index is 493. The van der Waals surface area contributed by atoms with Crippen molar-refractivity contribution in [1.82, 2.24) is 0 Å². The smallest absolute Gasteiger partial charge is 0.340 e. The summed E-state index contributed by atoms with van der Waals surface area (Å²) in [6.45, 7) is 3.56. The molecular weight excluding hydrogens is 251 g/mol. The molecule has 1 atom stereocenters. The summed E-state index contributed by atoms with van der Waals surface area (Å²) in [7, 11) is 1.27. The van der Waals surface area contributed by atoms with Crippen molar-refractivity contribution >= 4 is 17.3 Å². The van der Waals surface area contributed by atoms with Gasteiger partial charge < -0.3 is 20.1 Å². The van der Waals surface area contributed by atoms with Crippen LogP contribution < -0.4 is 10.6 Å². The van der Waals surface area contributed by atoms with Crippen molar-refractivity contribution in [2.45, 2.75) is 13.0 Å². The highest BCUT2D eigenvalue weighted by atomic mass is 19.1. The summed E-state index contributed by atoms with van der Waals surface area (Å²) in [5.41, 5.74) is 6.26. The second-order valence-corrected chi connectivity index (χ2v) is 4.50. The summed E-state index contributed by atoms with van der Waals surface area (Å²) >= 11 is 0. The van der Waals surface area contributed by atoms with Crippen molar-refractivity contribution in [2.75, 3.05) is 37.5 Å². The number of nitrogen functional groups attached to an aromatic ring is 1. The second kappa shape index (κ2) is 5.44. The van der Waals surface area contributed by atoms with Gasteiger partial charge in [0, 0.05) is 18.3 Å². The summed E-state index contributed by atoms with van der Waals surface area (Å²) in [6.07, 6.45) is 0. The third-order valence-electron chi connectivity index (χ3n) is 3.20.